The molecule has 140 valence electrons. The number of carbonyl (C=O) groups excluding carboxylic acids is 2. The van der Waals surface area contributed by atoms with E-state index in [-0.39, 0.29) is 23.2 Å². The van der Waals surface area contributed by atoms with Gasteiger partial charge >= 0.3 is 0 Å². The number of rotatable bonds is 7. The highest BCUT2D eigenvalue weighted by atomic mass is 32.1. The molecule has 0 aliphatic carbocycles. The summed E-state index contributed by atoms with van der Waals surface area (Å²) in [5, 5.41) is 23.1. The van der Waals surface area contributed by atoms with Gasteiger partial charge in [-0.3, -0.25) is 14.9 Å². The highest BCUT2D eigenvalue weighted by molar-refractivity contribution is 7.15. The third-order valence-electron chi connectivity index (χ3n) is 3.55. The summed E-state index contributed by atoms with van der Waals surface area (Å²) in [6.07, 6.45) is 0.722. The van der Waals surface area contributed by atoms with Crippen LogP contribution < -0.4 is 10.6 Å². The Morgan fingerprint density at radius 3 is 2.67 bits per heavy atom. The van der Waals surface area contributed by atoms with Crippen LogP contribution in [0, 0.1) is 13.8 Å². The molecule has 2 heterocycles. The molecule has 3 rings (SSSR count). The summed E-state index contributed by atoms with van der Waals surface area (Å²) in [6, 6.07) is 7.99. The number of anilines is 1. The van der Waals surface area contributed by atoms with E-state index in [9.17, 15) is 9.59 Å². The summed E-state index contributed by atoms with van der Waals surface area (Å²) in [6.45, 7) is 4.31. The van der Waals surface area contributed by atoms with Crippen LogP contribution in [0.4, 0.5) is 5.13 Å². The Bertz CT molecular complexity index is 952. The number of hydrogen-bond acceptors (Lipinski definition) is 8. The number of aromatic nitrogens is 4. The number of nitrogens with zero attached hydrogens (tertiary/aromatic N) is 4. The fourth-order valence-electron chi connectivity index (χ4n) is 2.28. The molecule has 0 aliphatic rings. The second kappa shape index (κ2) is 8.78. The second-order valence-corrected chi connectivity index (χ2v) is 8.09. The predicted octanol–water partition coefficient (Wildman–Crippen LogP) is 2.51. The van der Waals surface area contributed by atoms with Crippen LogP contribution in [0.2, 0.25) is 0 Å². The van der Waals surface area contributed by atoms with Gasteiger partial charge in [0.2, 0.25) is 16.0 Å². The van der Waals surface area contributed by atoms with Gasteiger partial charge in [0.05, 0.1) is 0 Å². The molecule has 2 N–H and O–H groups in total. The van der Waals surface area contributed by atoms with Gasteiger partial charge in [-0.15, -0.1) is 20.4 Å². The van der Waals surface area contributed by atoms with E-state index < -0.39 is 0 Å². The Kier molecular flexibility index (Phi) is 6.20. The van der Waals surface area contributed by atoms with Gasteiger partial charge in [-0.1, -0.05) is 52.5 Å². The summed E-state index contributed by atoms with van der Waals surface area (Å²) in [5.41, 5.74) is 2.22. The maximum atomic E-state index is 12.1. The summed E-state index contributed by atoms with van der Waals surface area (Å²) in [7, 11) is 0. The molecule has 1 aromatic carbocycles. The van der Waals surface area contributed by atoms with Crippen molar-refractivity contribution in [3.05, 3.63) is 50.4 Å². The molecule has 0 saturated carbocycles. The zero-order valence-corrected chi connectivity index (χ0v) is 16.5. The molecule has 10 heteroatoms. The SMILES string of the molecule is Cc1cccc(CNC(=O)CCc2nnc(C(=O)Nc3nnc(C)s3)s2)c1. The average molecular weight is 403 g/mol. The molecule has 8 nitrogen and oxygen atoms in total. The minimum Gasteiger partial charge on any atom is -0.352 e. The Labute approximate surface area is 164 Å². The van der Waals surface area contributed by atoms with E-state index in [1.807, 2.05) is 31.2 Å². The fraction of sp³-hybridized carbons (Fsp3) is 0.294. The molecule has 0 fully saturated rings. The molecule has 3 aromatic rings. The first-order valence-corrected chi connectivity index (χ1v) is 9.89. The number of aryl methyl sites for hydroxylation is 3. The summed E-state index contributed by atoms with van der Waals surface area (Å²) in [5.74, 6) is -0.444. The quantitative estimate of drug-likeness (QED) is 0.628. The largest absolute Gasteiger partial charge is 0.352 e. The van der Waals surface area contributed by atoms with Gasteiger partial charge in [-0.05, 0) is 19.4 Å². The van der Waals surface area contributed by atoms with Gasteiger partial charge in [0, 0.05) is 19.4 Å². The van der Waals surface area contributed by atoms with Crippen LogP contribution in [0.3, 0.4) is 0 Å². The van der Waals surface area contributed by atoms with Gasteiger partial charge in [0.1, 0.15) is 10.0 Å². The van der Waals surface area contributed by atoms with Crippen molar-refractivity contribution >= 4 is 39.6 Å². The Hall–Kier alpha value is -2.72. The lowest BCUT2D eigenvalue weighted by Gasteiger charge is -2.05. The van der Waals surface area contributed by atoms with Crippen LogP contribution in [0.5, 0.6) is 0 Å². The van der Waals surface area contributed by atoms with E-state index in [1.54, 1.807) is 6.92 Å². The average Bonchev–Trinajstić information content (AvgIpc) is 3.27. The molecular formula is C17H18N6O2S2. The van der Waals surface area contributed by atoms with Crippen molar-refractivity contribution in [1.29, 1.82) is 0 Å². The molecule has 2 aromatic heterocycles. The fourth-order valence-corrected chi connectivity index (χ4v) is 3.60. The van der Waals surface area contributed by atoms with Gasteiger partial charge < -0.3 is 5.32 Å². The van der Waals surface area contributed by atoms with Crippen molar-refractivity contribution in [2.75, 3.05) is 5.32 Å². The molecule has 27 heavy (non-hydrogen) atoms. The highest BCUT2D eigenvalue weighted by Crippen LogP contribution is 2.17. The Balaban J connectivity index is 1.46. The first-order chi connectivity index (χ1) is 13.0. The number of benzene rings is 1. The Morgan fingerprint density at radius 1 is 1.07 bits per heavy atom. The topological polar surface area (TPSA) is 110 Å². The smallest absolute Gasteiger partial charge is 0.288 e. The van der Waals surface area contributed by atoms with Crippen LogP contribution in [0.1, 0.15) is 37.4 Å². The minimum atomic E-state index is -0.376. The van der Waals surface area contributed by atoms with Gasteiger partial charge in [0.15, 0.2) is 0 Å². The second-order valence-electron chi connectivity index (χ2n) is 5.85. The van der Waals surface area contributed by atoms with Crippen LogP contribution in [0.25, 0.3) is 0 Å². The number of nitrogens with one attached hydrogen (secondary N) is 2. The molecule has 0 unspecified atom stereocenters. The number of amides is 2. The zero-order valence-electron chi connectivity index (χ0n) is 14.9. The summed E-state index contributed by atoms with van der Waals surface area (Å²) < 4.78 is 0. The van der Waals surface area contributed by atoms with Crippen LogP contribution in [-0.4, -0.2) is 32.2 Å². The monoisotopic (exact) mass is 402 g/mol. The van der Waals surface area contributed by atoms with Gasteiger partial charge in [-0.2, -0.15) is 0 Å². The van der Waals surface area contributed by atoms with E-state index in [2.05, 4.69) is 31.0 Å². The lowest BCUT2D eigenvalue weighted by Crippen LogP contribution is -2.23. The van der Waals surface area contributed by atoms with Crippen LogP contribution in [0.15, 0.2) is 24.3 Å². The van der Waals surface area contributed by atoms with E-state index in [0.717, 1.165) is 16.1 Å². The number of hydrogen-bond donors (Lipinski definition) is 2. The Morgan fingerprint density at radius 2 is 1.93 bits per heavy atom. The predicted molar refractivity (Wildman–Crippen MR) is 104 cm³/mol. The zero-order chi connectivity index (χ0) is 19.2. The van der Waals surface area contributed by atoms with Crippen LogP contribution >= 0.6 is 22.7 Å². The molecule has 0 saturated heterocycles. The number of carbonyl (C=O) groups is 2. The van der Waals surface area contributed by atoms with Gasteiger partial charge in [0.25, 0.3) is 5.91 Å². The third-order valence-corrected chi connectivity index (χ3v) is 5.28. The molecule has 0 aliphatic heterocycles. The molecule has 0 atom stereocenters. The minimum absolute atomic E-state index is 0.0676. The highest BCUT2D eigenvalue weighted by Gasteiger charge is 2.15. The van der Waals surface area contributed by atoms with E-state index in [4.69, 9.17) is 0 Å². The van der Waals surface area contributed by atoms with Gasteiger partial charge in [-0.25, -0.2) is 0 Å². The van der Waals surface area contributed by atoms with E-state index >= 15 is 0 Å². The van der Waals surface area contributed by atoms with Crippen molar-refractivity contribution in [2.24, 2.45) is 0 Å². The normalized spacial score (nSPS) is 10.6. The molecular weight excluding hydrogens is 384 g/mol. The first-order valence-electron chi connectivity index (χ1n) is 8.25. The molecule has 0 bridgehead atoms. The summed E-state index contributed by atoms with van der Waals surface area (Å²) in [4.78, 5) is 24.1. The molecule has 0 spiro atoms. The van der Waals surface area contributed by atoms with Crippen molar-refractivity contribution in [3.63, 3.8) is 0 Å². The van der Waals surface area contributed by atoms with Crippen LogP contribution in [-0.2, 0) is 17.8 Å². The lowest BCUT2D eigenvalue weighted by molar-refractivity contribution is -0.121. The van der Waals surface area contributed by atoms with Crippen molar-refractivity contribution in [1.82, 2.24) is 25.7 Å². The van der Waals surface area contributed by atoms with E-state index in [1.165, 1.54) is 22.7 Å². The maximum Gasteiger partial charge on any atom is 0.288 e. The maximum absolute atomic E-state index is 12.1. The molecule has 0 radical (unpaired) electrons. The first kappa shape index (κ1) is 19.1. The lowest BCUT2D eigenvalue weighted by atomic mass is 10.1. The standard InChI is InChI=1S/C17H18N6O2S2/c1-10-4-3-5-12(8-10)9-18-13(24)6-7-14-21-22-16(27-14)15(25)19-17-23-20-11(2)26-17/h3-5,8H,6-7,9H2,1-2H3,(H,18,24)(H,19,23,25). The van der Waals surface area contributed by atoms with Crippen molar-refractivity contribution < 1.29 is 9.59 Å². The third kappa shape index (κ3) is 5.63. The van der Waals surface area contributed by atoms with Crippen molar-refractivity contribution in [3.8, 4) is 0 Å². The van der Waals surface area contributed by atoms with Crippen molar-refractivity contribution in [2.45, 2.75) is 33.2 Å². The summed E-state index contributed by atoms with van der Waals surface area (Å²) >= 11 is 2.45. The molecule has 2 amide bonds. The van der Waals surface area contributed by atoms with E-state index in [0.29, 0.717) is 23.1 Å².